The van der Waals surface area contributed by atoms with Gasteiger partial charge in [0.2, 0.25) is 0 Å². The number of benzene rings is 1. The summed E-state index contributed by atoms with van der Waals surface area (Å²) in [6, 6.07) is 4.00. The van der Waals surface area contributed by atoms with E-state index in [1.165, 1.54) is 18.5 Å². The Labute approximate surface area is 178 Å². The van der Waals surface area contributed by atoms with Crippen molar-refractivity contribution < 1.29 is 19.0 Å². The van der Waals surface area contributed by atoms with E-state index in [1.807, 2.05) is 0 Å². The Balaban J connectivity index is 1.53. The van der Waals surface area contributed by atoms with Crippen LogP contribution in [0.25, 0.3) is 22.3 Å². The topological polar surface area (TPSA) is 112 Å². The highest BCUT2D eigenvalue weighted by Crippen LogP contribution is 2.36. The van der Waals surface area contributed by atoms with Gasteiger partial charge >= 0.3 is 0 Å². The molecule has 4 N–H and O–H groups in total. The number of ether oxygens (including phenoxy) is 1. The fourth-order valence-corrected chi connectivity index (χ4v) is 3.96. The van der Waals surface area contributed by atoms with Crippen LogP contribution in [0.1, 0.15) is 28.9 Å². The van der Waals surface area contributed by atoms with Crippen LogP contribution in [-0.4, -0.2) is 57.8 Å². The van der Waals surface area contributed by atoms with Crippen molar-refractivity contribution in [3.8, 4) is 17.0 Å². The molecule has 8 nitrogen and oxygen atoms in total. The first kappa shape index (κ1) is 19.9. The van der Waals surface area contributed by atoms with Crippen LogP contribution in [0.2, 0.25) is 0 Å². The molecule has 2 fully saturated rings. The van der Waals surface area contributed by atoms with Gasteiger partial charge in [-0.2, -0.15) is 0 Å². The zero-order valence-corrected chi connectivity index (χ0v) is 17.1. The Hall–Kier alpha value is -3.04. The molecule has 1 aliphatic carbocycles. The van der Waals surface area contributed by atoms with Crippen LogP contribution >= 0.6 is 0 Å². The first-order chi connectivity index (χ1) is 15.0. The molecule has 1 amide bonds. The van der Waals surface area contributed by atoms with Crippen molar-refractivity contribution in [3.05, 3.63) is 41.6 Å². The summed E-state index contributed by atoms with van der Waals surface area (Å²) in [6.45, 7) is 3.28. The molecule has 2 aliphatic rings. The molecule has 9 heteroatoms. The molecule has 0 radical (unpaired) electrons. The third-order valence-electron chi connectivity index (χ3n) is 5.87. The highest BCUT2D eigenvalue weighted by molar-refractivity contribution is 6.09. The number of hydrogen-bond donors (Lipinski definition) is 4. The van der Waals surface area contributed by atoms with Crippen molar-refractivity contribution in [3.63, 3.8) is 0 Å². The summed E-state index contributed by atoms with van der Waals surface area (Å²) in [5.41, 5.74) is 3.27. The van der Waals surface area contributed by atoms with E-state index in [2.05, 4.69) is 25.6 Å². The number of aliphatic hydroxyl groups excluding tert-OH is 1. The second-order valence-electron chi connectivity index (χ2n) is 8.27. The number of aromatic nitrogens is 3. The van der Waals surface area contributed by atoms with Crippen molar-refractivity contribution in [2.45, 2.75) is 31.9 Å². The Morgan fingerprint density at radius 2 is 2.16 bits per heavy atom. The number of aryl methyl sites for hydroxylation is 1. The van der Waals surface area contributed by atoms with Crippen LogP contribution in [0.15, 0.2) is 24.5 Å². The lowest BCUT2D eigenvalue weighted by atomic mass is 10.1. The van der Waals surface area contributed by atoms with E-state index in [-0.39, 0.29) is 17.8 Å². The molecule has 0 unspecified atom stereocenters. The molecule has 0 bridgehead atoms. The third kappa shape index (κ3) is 3.86. The van der Waals surface area contributed by atoms with Gasteiger partial charge in [0.25, 0.3) is 5.91 Å². The highest BCUT2D eigenvalue weighted by atomic mass is 19.1. The maximum atomic E-state index is 13.9. The molecular weight excluding hydrogens is 401 g/mol. The van der Waals surface area contributed by atoms with Gasteiger partial charge in [-0.3, -0.25) is 4.79 Å². The van der Waals surface area contributed by atoms with Crippen LogP contribution in [-0.2, 0) is 0 Å². The van der Waals surface area contributed by atoms with Gasteiger partial charge in [0, 0.05) is 30.4 Å². The molecule has 1 aromatic carbocycles. The van der Waals surface area contributed by atoms with Gasteiger partial charge in [0.15, 0.2) is 0 Å². The van der Waals surface area contributed by atoms with Crippen molar-refractivity contribution in [2.75, 3.05) is 19.7 Å². The predicted molar refractivity (Wildman–Crippen MR) is 112 cm³/mol. The molecule has 2 atom stereocenters. The molecule has 2 aromatic heterocycles. The maximum absolute atomic E-state index is 13.9. The lowest BCUT2D eigenvalue weighted by Crippen LogP contribution is -2.42. The minimum Gasteiger partial charge on any atom is -0.492 e. The Kier molecular flexibility index (Phi) is 5.07. The molecule has 1 saturated carbocycles. The molecular formula is C22H24FN5O3. The number of halogens is 1. The number of H-pyrrole nitrogens is 1. The fraction of sp³-hybridized carbons (Fsp3) is 0.409. The average Bonchev–Trinajstić information content (AvgIpc) is 3.40. The molecule has 1 aliphatic heterocycles. The van der Waals surface area contributed by atoms with Gasteiger partial charge in [0.05, 0.1) is 29.8 Å². The van der Waals surface area contributed by atoms with Gasteiger partial charge in [-0.1, -0.05) is 0 Å². The summed E-state index contributed by atoms with van der Waals surface area (Å²) in [5.74, 6) is 0.243. The van der Waals surface area contributed by atoms with Crippen LogP contribution in [0.5, 0.6) is 5.75 Å². The van der Waals surface area contributed by atoms with Gasteiger partial charge in [-0.15, -0.1) is 0 Å². The summed E-state index contributed by atoms with van der Waals surface area (Å²) in [5, 5.41) is 15.9. The summed E-state index contributed by atoms with van der Waals surface area (Å²) in [6.07, 6.45) is 3.01. The molecule has 31 heavy (non-hydrogen) atoms. The van der Waals surface area contributed by atoms with E-state index in [0.717, 1.165) is 12.8 Å². The third-order valence-corrected chi connectivity index (χ3v) is 5.87. The number of nitrogens with zero attached hydrogens (tertiary/aromatic N) is 2. The van der Waals surface area contributed by atoms with Crippen molar-refractivity contribution in [2.24, 2.45) is 5.92 Å². The van der Waals surface area contributed by atoms with E-state index >= 15 is 0 Å². The zero-order valence-electron chi connectivity index (χ0n) is 17.1. The monoisotopic (exact) mass is 425 g/mol. The largest absolute Gasteiger partial charge is 0.492 e. The van der Waals surface area contributed by atoms with E-state index in [9.17, 15) is 14.3 Å². The number of carbonyl (C=O) groups excluding carboxylic acids is 1. The maximum Gasteiger partial charge on any atom is 0.255 e. The van der Waals surface area contributed by atoms with Crippen LogP contribution in [0, 0.1) is 18.7 Å². The van der Waals surface area contributed by atoms with Crippen molar-refractivity contribution in [1.82, 2.24) is 25.6 Å². The predicted octanol–water partition coefficient (Wildman–Crippen LogP) is 1.92. The average molecular weight is 425 g/mol. The smallest absolute Gasteiger partial charge is 0.255 e. The van der Waals surface area contributed by atoms with Crippen molar-refractivity contribution in [1.29, 1.82) is 0 Å². The summed E-state index contributed by atoms with van der Waals surface area (Å²) in [4.78, 5) is 24.9. The SMILES string of the molecule is Cc1[nH]c2c(-c3ccc(F)cc3OCC3CC3)ncnc2c1C(=O)N[C@@H]1CNC[C@@H]1O. The zero-order chi connectivity index (χ0) is 21.5. The normalized spacial score (nSPS) is 20.9. The lowest BCUT2D eigenvalue weighted by molar-refractivity contribution is 0.0889. The van der Waals surface area contributed by atoms with Crippen LogP contribution in [0.4, 0.5) is 4.39 Å². The van der Waals surface area contributed by atoms with E-state index in [1.54, 1.807) is 13.0 Å². The molecule has 3 aromatic rings. The Morgan fingerprint density at radius 3 is 2.90 bits per heavy atom. The van der Waals surface area contributed by atoms with E-state index in [4.69, 9.17) is 4.74 Å². The Bertz CT molecular complexity index is 1140. The lowest BCUT2D eigenvalue weighted by Gasteiger charge is -2.15. The second-order valence-corrected chi connectivity index (χ2v) is 8.27. The highest BCUT2D eigenvalue weighted by Gasteiger charge is 2.29. The number of aliphatic hydroxyl groups is 1. The molecule has 5 rings (SSSR count). The Morgan fingerprint density at radius 1 is 1.32 bits per heavy atom. The molecule has 162 valence electrons. The van der Waals surface area contributed by atoms with Crippen molar-refractivity contribution >= 4 is 16.9 Å². The summed E-state index contributed by atoms with van der Waals surface area (Å²) < 4.78 is 19.8. The molecule has 1 saturated heterocycles. The number of amides is 1. The molecule has 3 heterocycles. The number of aromatic amines is 1. The number of fused-ring (bicyclic) bond motifs is 1. The first-order valence-corrected chi connectivity index (χ1v) is 10.5. The van der Waals surface area contributed by atoms with Gasteiger partial charge < -0.3 is 25.5 Å². The van der Waals surface area contributed by atoms with Crippen LogP contribution in [0.3, 0.4) is 0 Å². The number of β-amino-alcohol motifs (C(OH)–C–C–N with tert-alkyl or cyclic N) is 1. The van der Waals surface area contributed by atoms with E-state index < -0.39 is 6.10 Å². The minimum absolute atomic E-state index is 0.314. The summed E-state index contributed by atoms with van der Waals surface area (Å²) in [7, 11) is 0. The fourth-order valence-electron chi connectivity index (χ4n) is 3.96. The van der Waals surface area contributed by atoms with Gasteiger partial charge in [0.1, 0.15) is 29.1 Å². The first-order valence-electron chi connectivity index (χ1n) is 10.5. The van der Waals surface area contributed by atoms with Gasteiger partial charge in [-0.05, 0) is 37.8 Å². The molecule has 0 spiro atoms. The summed E-state index contributed by atoms with van der Waals surface area (Å²) >= 11 is 0. The van der Waals surface area contributed by atoms with E-state index in [0.29, 0.717) is 64.9 Å². The minimum atomic E-state index is -0.634. The van der Waals surface area contributed by atoms with Gasteiger partial charge in [-0.25, -0.2) is 14.4 Å². The number of carbonyl (C=O) groups is 1. The number of hydrogen-bond acceptors (Lipinski definition) is 6. The number of nitrogens with one attached hydrogen (secondary N) is 3. The second kappa shape index (κ2) is 7.90. The quantitative estimate of drug-likeness (QED) is 0.480. The standard InChI is InChI=1S/C22H24FN5O3/c1-11-18(22(30)28-15-7-24-8-16(15)29)20-21(27-11)19(25-10-26-20)14-5-4-13(23)6-17(14)31-9-12-2-3-12/h4-6,10,12,15-16,24,27,29H,2-3,7-9H2,1H3,(H,28,30)/t15-,16+/m1/s1. The van der Waals surface area contributed by atoms with Crippen LogP contribution < -0.4 is 15.4 Å². The number of rotatable bonds is 6.